The molecule has 4 saturated carbocycles. The second kappa shape index (κ2) is 10.2. The zero-order chi connectivity index (χ0) is 23.9. The highest BCUT2D eigenvalue weighted by Gasteiger charge is 2.60. The fourth-order valence-corrected chi connectivity index (χ4v) is 10.2. The van der Waals surface area contributed by atoms with Gasteiger partial charge in [0.1, 0.15) is 0 Å². The zero-order valence-electron chi connectivity index (χ0n) is 23.1. The summed E-state index contributed by atoms with van der Waals surface area (Å²) in [5, 5.41) is 0. The minimum Gasteiger partial charge on any atom is -0.353 e. The Balaban J connectivity index is 1.22. The summed E-state index contributed by atoms with van der Waals surface area (Å²) in [5.74, 6) is 5.66. The molecule has 0 bridgehead atoms. The van der Waals surface area contributed by atoms with Gasteiger partial charge in [0.05, 0.1) is 6.10 Å². The van der Waals surface area contributed by atoms with Crippen LogP contribution in [0.2, 0.25) is 0 Å². The lowest BCUT2D eigenvalue weighted by Crippen LogP contribution is -2.54. The Morgan fingerprint density at radius 3 is 2.50 bits per heavy atom. The maximum Gasteiger partial charge on any atom is 0.157 e. The molecular formula is C32H54O2. The summed E-state index contributed by atoms with van der Waals surface area (Å²) < 4.78 is 12.4. The van der Waals surface area contributed by atoms with Gasteiger partial charge in [-0.2, -0.15) is 0 Å². The lowest BCUT2D eigenvalue weighted by atomic mass is 9.44. The molecule has 0 N–H and O–H groups in total. The molecule has 0 aromatic carbocycles. The predicted molar refractivity (Wildman–Crippen MR) is 142 cm³/mol. The number of fused-ring (bicyclic) bond motifs is 5. The summed E-state index contributed by atoms with van der Waals surface area (Å²) >= 11 is 0. The van der Waals surface area contributed by atoms with Crippen LogP contribution in [-0.4, -0.2) is 19.0 Å². The fraction of sp³-hybridized carbons (Fsp3) is 0.938. The molecule has 194 valence electrons. The van der Waals surface area contributed by atoms with Crippen molar-refractivity contribution >= 4 is 0 Å². The second-order valence-corrected chi connectivity index (χ2v) is 14.0. The molecule has 0 spiro atoms. The van der Waals surface area contributed by atoms with Crippen molar-refractivity contribution in [3.05, 3.63) is 11.6 Å². The van der Waals surface area contributed by atoms with Crippen LogP contribution in [0.15, 0.2) is 11.6 Å². The molecular weight excluding hydrogens is 416 g/mol. The Hall–Kier alpha value is -0.340. The van der Waals surface area contributed by atoms with Crippen LogP contribution in [-0.2, 0) is 9.47 Å². The molecule has 1 aliphatic heterocycles. The maximum absolute atomic E-state index is 6.51. The highest BCUT2D eigenvalue weighted by Crippen LogP contribution is 2.68. The Morgan fingerprint density at radius 1 is 0.941 bits per heavy atom. The van der Waals surface area contributed by atoms with E-state index in [1.54, 1.807) is 0 Å². The fourth-order valence-electron chi connectivity index (χ4n) is 10.2. The van der Waals surface area contributed by atoms with Crippen LogP contribution in [0.5, 0.6) is 0 Å². The third-order valence-corrected chi connectivity index (χ3v) is 12.0. The number of hydrogen-bond donors (Lipinski definition) is 0. The van der Waals surface area contributed by atoms with Gasteiger partial charge in [0, 0.05) is 6.61 Å². The van der Waals surface area contributed by atoms with Crippen LogP contribution in [0.4, 0.5) is 0 Å². The van der Waals surface area contributed by atoms with Gasteiger partial charge in [-0.15, -0.1) is 0 Å². The van der Waals surface area contributed by atoms with E-state index in [2.05, 4.69) is 40.7 Å². The SMILES string of the molecule is CC(C)=CCC[C@@H](C)[C@H]1CCC2C3CCC4CC(OC5CCCCO5)CC[C@]4(C)C3CC[C@@]21C. The number of rotatable bonds is 6. The number of allylic oxidation sites excluding steroid dienone is 2. The molecule has 0 aromatic rings. The summed E-state index contributed by atoms with van der Waals surface area (Å²) in [4.78, 5) is 0. The lowest BCUT2D eigenvalue weighted by Gasteiger charge is -2.61. The Morgan fingerprint density at radius 2 is 1.74 bits per heavy atom. The van der Waals surface area contributed by atoms with E-state index in [0.29, 0.717) is 16.9 Å². The predicted octanol–water partition coefficient (Wildman–Crippen LogP) is 8.94. The minimum absolute atomic E-state index is 0.0870. The minimum atomic E-state index is 0.0870. The van der Waals surface area contributed by atoms with Gasteiger partial charge in [-0.3, -0.25) is 0 Å². The quantitative estimate of drug-likeness (QED) is 0.285. The Bertz CT molecular complexity index is 719. The summed E-state index contributed by atoms with van der Waals surface area (Å²) in [6.45, 7) is 13.4. The average Bonchev–Trinajstić information content (AvgIpc) is 3.17. The van der Waals surface area contributed by atoms with E-state index >= 15 is 0 Å². The second-order valence-electron chi connectivity index (χ2n) is 14.0. The normalized spacial score (nSPS) is 47.3. The molecule has 0 radical (unpaired) electrons. The highest BCUT2D eigenvalue weighted by atomic mass is 16.7. The topological polar surface area (TPSA) is 18.5 Å². The molecule has 1 saturated heterocycles. The van der Waals surface area contributed by atoms with Gasteiger partial charge < -0.3 is 9.47 Å². The van der Waals surface area contributed by atoms with Crippen molar-refractivity contribution in [3.8, 4) is 0 Å². The van der Waals surface area contributed by atoms with Gasteiger partial charge in [-0.1, -0.05) is 32.4 Å². The highest BCUT2D eigenvalue weighted by molar-refractivity contribution is 5.10. The van der Waals surface area contributed by atoms with E-state index < -0.39 is 0 Å². The third-order valence-electron chi connectivity index (χ3n) is 12.0. The molecule has 0 amide bonds. The first-order valence-electron chi connectivity index (χ1n) is 15.2. The summed E-state index contributed by atoms with van der Waals surface area (Å²) in [6.07, 6.45) is 22.2. The van der Waals surface area contributed by atoms with Crippen LogP contribution in [0.3, 0.4) is 0 Å². The molecule has 5 aliphatic rings. The van der Waals surface area contributed by atoms with E-state index in [1.165, 1.54) is 89.0 Å². The zero-order valence-corrected chi connectivity index (χ0v) is 23.1. The summed E-state index contributed by atoms with van der Waals surface area (Å²) in [6, 6.07) is 0. The first-order valence-corrected chi connectivity index (χ1v) is 15.2. The molecule has 4 aliphatic carbocycles. The van der Waals surface area contributed by atoms with E-state index in [9.17, 15) is 0 Å². The molecule has 0 aromatic heterocycles. The Kier molecular flexibility index (Phi) is 7.59. The van der Waals surface area contributed by atoms with Crippen molar-refractivity contribution in [1.29, 1.82) is 0 Å². The van der Waals surface area contributed by atoms with Crippen molar-refractivity contribution < 1.29 is 9.47 Å². The molecule has 1 heterocycles. The van der Waals surface area contributed by atoms with Crippen molar-refractivity contribution in [2.24, 2.45) is 46.3 Å². The van der Waals surface area contributed by atoms with E-state index in [0.717, 1.165) is 48.5 Å². The maximum atomic E-state index is 6.51. The van der Waals surface area contributed by atoms with Gasteiger partial charge in [0.15, 0.2) is 6.29 Å². The molecule has 6 unspecified atom stereocenters. The number of ether oxygens (including phenoxy) is 2. The van der Waals surface area contributed by atoms with Crippen molar-refractivity contribution in [1.82, 2.24) is 0 Å². The van der Waals surface area contributed by atoms with Crippen LogP contribution >= 0.6 is 0 Å². The largest absolute Gasteiger partial charge is 0.353 e. The van der Waals surface area contributed by atoms with Gasteiger partial charge in [-0.25, -0.2) is 0 Å². The molecule has 34 heavy (non-hydrogen) atoms. The van der Waals surface area contributed by atoms with Gasteiger partial charge in [0.25, 0.3) is 0 Å². The lowest BCUT2D eigenvalue weighted by molar-refractivity contribution is -0.212. The molecule has 5 fully saturated rings. The molecule has 2 heteroatoms. The van der Waals surface area contributed by atoms with Crippen LogP contribution < -0.4 is 0 Å². The number of hydrogen-bond acceptors (Lipinski definition) is 2. The van der Waals surface area contributed by atoms with Crippen LogP contribution in [0.25, 0.3) is 0 Å². The first-order chi connectivity index (χ1) is 16.3. The third kappa shape index (κ3) is 4.69. The van der Waals surface area contributed by atoms with E-state index in [1.807, 2.05) is 0 Å². The van der Waals surface area contributed by atoms with Gasteiger partial charge in [0.2, 0.25) is 0 Å². The van der Waals surface area contributed by atoms with E-state index in [-0.39, 0.29) is 6.29 Å². The van der Waals surface area contributed by atoms with Crippen molar-refractivity contribution in [3.63, 3.8) is 0 Å². The van der Waals surface area contributed by atoms with Crippen molar-refractivity contribution in [2.45, 2.75) is 137 Å². The van der Waals surface area contributed by atoms with Crippen molar-refractivity contribution in [2.75, 3.05) is 6.61 Å². The van der Waals surface area contributed by atoms with Gasteiger partial charge >= 0.3 is 0 Å². The standard InChI is InChI=1S/C32H54O2/c1-22(2)9-8-10-23(3)27-14-15-28-26-13-12-24-21-25(34-30-11-6-7-20-33-30)16-18-31(24,4)29(26)17-19-32(27,28)5/h9,23-30H,6-8,10-21H2,1-5H3/t23-,24?,25?,26?,27-,28?,29?,30?,31+,32-/m1/s1. The molecule has 5 rings (SSSR count). The molecule has 10 atom stereocenters. The summed E-state index contributed by atoms with van der Waals surface area (Å²) in [7, 11) is 0. The Labute approximate surface area is 211 Å². The van der Waals surface area contributed by atoms with Crippen LogP contribution in [0.1, 0.15) is 125 Å². The molecule has 2 nitrogen and oxygen atoms in total. The average molecular weight is 471 g/mol. The smallest absolute Gasteiger partial charge is 0.157 e. The first kappa shape index (κ1) is 25.3. The monoisotopic (exact) mass is 470 g/mol. The van der Waals surface area contributed by atoms with Crippen LogP contribution in [0, 0.1) is 46.3 Å². The summed E-state index contributed by atoms with van der Waals surface area (Å²) in [5.41, 5.74) is 2.65. The van der Waals surface area contributed by atoms with E-state index in [4.69, 9.17) is 9.47 Å². The van der Waals surface area contributed by atoms with Gasteiger partial charge in [-0.05, 0) is 150 Å².